The molecule has 1 saturated heterocycles. The lowest BCUT2D eigenvalue weighted by Crippen LogP contribution is -2.51. The minimum absolute atomic E-state index is 0.170. The van der Waals surface area contributed by atoms with Crippen molar-refractivity contribution >= 4 is 56.0 Å². The number of nitrogens with zero attached hydrogens (tertiary/aromatic N) is 3. The fourth-order valence-electron chi connectivity index (χ4n) is 4.08. The molecule has 0 aromatic heterocycles. The van der Waals surface area contributed by atoms with E-state index in [1.807, 2.05) is 29.2 Å². The molecule has 14 nitrogen and oxygen atoms in total. The van der Waals surface area contributed by atoms with Crippen molar-refractivity contribution in [3.05, 3.63) is 29.8 Å². The van der Waals surface area contributed by atoms with E-state index < -0.39 is 51.2 Å². The zero-order chi connectivity index (χ0) is 30.1. The number of aliphatic hydroxyl groups is 1. The number of carbonyl (C=O) groups excluding carboxylic acids is 2. The Labute approximate surface area is 242 Å². The predicted molar refractivity (Wildman–Crippen MR) is 149 cm³/mol. The van der Waals surface area contributed by atoms with Crippen molar-refractivity contribution in [2.75, 3.05) is 69.1 Å². The molecule has 1 aromatic rings. The van der Waals surface area contributed by atoms with Crippen LogP contribution in [0.25, 0.3) is 0 Å². The highest BCUT2D eigenvalue weighted by molar-refractivity contribution is 7.72. The molecule has 1 amide bonds. The number of nitrogens with two attached hydrogens (primary N) is 1. The van der Waals surface area contributed by atoms with E-state index in [0.29, 0.717) is 24.8 Å². The standard InChI is InChI=1S/C22H36Cl2N4O10P2/c23-6-9-27(10-7-24)18-3-1-17(2-4-18)15-19(25)21(30)38-16-20(29)28-13-11-26(12-14-28)8-5-22(31,39(32,33)34)40(35,36)37/h1-4,19,31H,5-16,25H2,(H2,32,33,34)(H2,35,36,37)/t19-/m0/s1. The van der Waals surface area contributed by atoms with Crippen LogP contribution >= 0.6 is 38.4 Å². The Morgan fingerprint density at radius 2 is 1.52 bits per heavy atom. The number of piperazine rings is 1. The van der Waals surface area contributed by atoms with Crippen molar-refractivity contribution in [1.29, 1.82) is 0 Å². The Morgan fingerprint density at radius 1 is 1.00 bits per heavy atom. The predicted octanol–water partition coefficient (Wildman–Crippen LogP) is -0.0806. The van der Waals surface area contributed by atoms with Gasteiger partial charge in [0.1, 0.15) is 6.04 Å². The van der Waals surface area contributed by atoms with Crippen LogP contribution in [0.15, 0.2) is 24.3 Å². The van der Waals surface area contributed by atoms with Crippen molar-refractivity contribution in [3.63, 3.8) is 0 Å². The molecule has 1 fully saturated rings. The monoisotopic (exact) mass is 648 g/mol. The van der Waals surface area contributed by atoms with E-state index in [9.17, 15) is 43.4 Å². The average Bonchev–Trinajstić information content (AvgIpc) is 2.89. The summed E-state index contributed by atoms with van der Waals surface area (Å²) in [6, 6.07) is 6.45. The van der Waals surface area contributed by atoms with E-state index in [1.54, 1.807) is 4.90 Å². The average molecular weight is 649 g/mol. The number of esters is 1. The van der Waals surface area contributed by atoms with Crippen molar-refractivity contribution in [1.82, 2.24) is 9.80 Å². The van der Waals surface area contributed by atoms with Gasteiger partial charge in [0.25, 0.3) is 11.0 Å². The molecule has 0 unspecified atom stereocenters. The largest absolute Gasteiger partial charge is 0.454 e. The fraction of sp³-hybridized carbons (Fsp3) is 0.636. The summed E-state index contributed by atoms with van der Waals surface area (Å²) < 4.78 is 28.1. The lowest BCUT2D eigenvalue weighted by molar-refractivity contribution is -0.153. The van der Waals surface area contributed by atoms with Crippen LogP contribution in [0.1, 0.15) is 12.0 Å². The van der Waals surface area contributed by atoms with E-state index in [0.717, 1.165) is 11.3 Å². The molecule has 7 N–H and O–H groups in total. The maximum atomic E-state index is 12.5. The Balaban J connectivity index is 1.79. The second-order valence-corrected chi connectivity index (χ2v) is 14.0. The maximum absolute atomic E-state index is 12.5. The number of benzene rings is 1. The minimum atomic E-state index is -5.53. The molecule has 0 spiro atoms. The molecular weight excluding hydrogens is 613 g/mol. The van der Waals surface area contributed by atoms with Gasteiger partial charge in [0, 0.05) is 69.7 Å². The van der Waals surface area contributed by atoms with Crippen LogP contribution in [0, 0.1) is 0 Å². The lowest BCUT2D eigenvalue weighted by atomic mass is 10.1. The number of carbonyl (C=O) groups is 2. The third-order valence-electron chi connectivity index (χ3n) is 6.53. The van der Waals surface area contributed by atoms with E-state index in [1.165, 1.54) is 4.90 Å². The van der Waals surface area contributed by atoms with Crippen LogP contribution in [0.2, 0.25) is 0 Å². The summed E-state index contributed by atoms with van der Waals surface area (Å²) in [5.74, 6) is -0.305. The number of anilines is 1. The highest BCUT2D eigenvalue weighted by Gasteiger charge is 2.59. The first kappa shape index (κ1) is 34.9. The van der Waals surface area contributed by atoms with Gasteiger partial charge in [0.2, 0.25) is 0 Å². The van der Waals surface area contributed by atoms with Crippen LogP contribution < -0.4 is 10.6 Å². The summed E-state index contributed by atoms with van der Waals surface area (Å²) >= 11 is 11.7. The zero-order valence-electron chi connectivity index (χ0n) is 21.7. The van der Waals surface area contributed by atoms with Crippen LogP contribution in [-0.4, -0.2) is 122 Å². The highest BCUT2D eigenvalue weighted by atomic mass is 35.5. The molecule has 0 saturated carbocycles. The van der Waals surface area contributed by atoms with Crippen LogP contribution in [-0.2, 0) is 29.9 Å². The summed E-state index contributed by atoms with van der Waals surface area (Å²) in [4.78, 5) is 66.9. The van der Waals surface area contributed by atoms with E-state index in [4.69, 9.17) is 33.7 Å². The number of alkyl halides is 2. The number of rotatable bonds is 15. The molecular formula is C22H36Cl2N4O10P2. The van der Waals surface area contributed by atoms with E-state index >= 15 is 0 Å². The first-order valence-corrected chi connectivity index (χ1v) is 16.6. The Morgan fingerprint density at radius 3 is 2.00 bits per heavy atom. The van der Waals surface area contributed by atoms with Gasteiger partial charge in [-0.3, -0.25) is 23.6 Å². The van der Waals surface area contributed by atoms with Crippen LogP contribution in [0.3, 0.4) is 0 Å². The lowest BCUT2D eigenvalue weighted by Gasteiger charge is -2.36. The minimum Gasteiger partial charge on any atom is -0.454 e. The zero-order valence-corrected chi connectivity index (χ0v) is 25.0. The summed E-state index contributed by atoms with van der Waals surface area (Å²) in [6.07, 6.45) is -0.667. The molecule has 1 aliphatic heterocycles. The summed E-state index contributed by atoms with van der Waals surface area (Å²) in [7, 11) is -11.1. The van der Waals surface area contributed by atoms with Crippen molar-refractivity contribution in [2.24, 2.45) is 5.73 Å². The van der Waals surface area contributed by atoms with Crippen molar-refractivity contribution < 1.29 is 48.1 Å². The van der Waals surface area contributed by atoms with Gasteiger partial charge in [-0.05, 0) is 24.1 Å². The quantitative estimate of drug-likeness (QED) is 0.0835. The second-order valence-electron chi connectivity index (χ2n) is 9.28. The highest BCUT2D eigenvalue weighted by Crippen LogP contribution is 2.68. The van der Waals surface area contributed by atoms with Crippen molar-refractivity contribution in [2.45, 2.75) is 24.0 Å². The molecule has 18 heteroatoms. The van der Waals surface area contributed by atoms with Crippen LogP contribution in [0.5, 0.6) is 0 Å². The molecule has 1 heterocycles. The SMILES string of the molecule is N[C@@H](Cc1ccc(N(CCCl)CCCl)cc1)C(=O)OCC(=O)N1CCN(CCC(O)(P(=O)(O)O)P(=O)(O)O)CC1. The Kier molecular flexibility index (Phi) is 13.3. The molecule has 1 aliphatic rings. The molecule has 0 bridgehead atoms. The number of amides is 1. The number of ether oxygens (including phenoxy) is 1. The van der Waals surface area contributed by atoms with Gasteiger partial charge in [-0.15, -0.1) is 23.2 Å². The summed E-state index contributed by atoms with van der Waals surface area (Å²) in [5, 5.41) is 6.51. The van der Waals surface area contributed by atoms with Gasteiger partial charge in [0.15, 0.2) is 6.61 Å². The molecule has 2 rings (SSSR count). The Hall–Kier alpha value is -1.28. The summed E-state index contributed by atoms with van der Waals surface area (Å²) in [6.45, 7) is 1.29. The van der Waals surface area contributed by atoms with Gasteiger partial charge in [-0.2, -0.15) is 0 Å². The fourth-order valence-corrected chi connectivity index (χ4v) is 6.62. The Bertz CT molecular complexity index is 1050. The molecule has 1 atom stereocenters. The first-order valence-electron chi connectivity index (χ1n) is 12.3. The van der Waals surface area contributed by atoms with Gasteiger partial charge in [-0.1, -0.05) is 12.1 Å². The van der Waals surface area contributed by atoms with E-state index in [2.05, 4.69) is 0 Å². The molecule has 228 valence electrons. The molecule has 0 radical (unpaired) electrons. The number of hydrogen-bond donors (Lipinski definition) is 6. The first-order chi connectivity index (χ1) is 18.6. The number of hydrogen-bond acceptors (Lipinski definition) is 9. The smallest absolute Gasteiger partial charge is 0.369 e. The topological polar surface area (TPSA) is 214 Å². The second kappa shape index (κ2) is 15.3. The molecule has 0 aliphatic carbocycles. The molecule has 1 aromatic carbocycles. The molecule has 40 heavy (non-hydrogen) atoms. The normalized spacial score (nSPS) is 16.1. The third kappa shape index (κ3) is 9.64. The van der Waals surface area contributed by atoms with E-state index in [-0.39, 0.29) is 39.1 Å². The summed E-state index contributed by atoms with van der Waals surface area (Å²) in [5.41, 5.74) is 7.71. The maximum Gasteiger partial charge on any atom is 0.369 e. The van der Waals surface area contributed by atoms with Crippen LogP contribution in [0.4, 0.5) is 5.69 Å². The van der Waals surface area contributed by atoms with Gasteiger partial charge in [-0.25, -0.2) is 0 Å². The van der Waals surface area contributed by atoms with Gasteiger partial charge in [0.05, 0.1) is 0 Å². The van der Waals surface area contributed by atoms with Gasteiger partial charge >= 0.3 is 21.2 Å². The third-order valence-corrected chi connectivity index (χ3v) is 10.7. The van der Waals surface area contributed by atoms with Crippen molar-refractivity contribution in [3.8, 4) is 0 Å². The number of halogens is 2. The van der Waals surface area contributed by atoms with Gasteiger partial charge < -0.3 is 45.0 Å².